The third-order valence-corrected chi connectivity index (χ3v) is 4.26. The summed E-state index contributed by atoms with van der Waals surface area (Å²) in [6, 6.07) is 0. The molecule has 0 unspecified atom stereocenters. The lowest BCUT2D eigenvalue weighted by Crippen LogP contribution is -2.48. The molecule has 3 rings (SSSR count). The van der Waals surface area contributed by atoms with Crippen LogP contribution in [0.25, 0.3) is 0 Å². The van der Waals surface area contributed by atoms with Gasteiger partial charge in [0.1, 0.15) is 11.4 Å². The second kappa shape index (κ2) is 5.31. The molecule has 1 aliphatic heterocycles. The highest BCUT2D eigenvalue weighted by Crippen LogP contribution is 2.36. The maximum Gasteiger partial charge on any atom is 0.329 e. The molecule has 2 N–H and O–H groups in total. The van der Waals surface area contributed by atoms with Crippen molar-refractivity contribution in [2.45, 2.75) is 31.2 Å². The van der Waals surface area contributed by atoms with Crippen molar-refractivity contribution in [3.8, 4) is 0 Å². The molecule has 2 fully saturated rings. The van der Waals surface area contributed by atoms with Crippen LogP contribution in [0.2, 0.25) is 0 Å². The number of aromatic nitrogens is 2. The second-order valence-electron chi connectivity index (χ2n) is 5.70. The van der Waals surface area contributed by atoms with E-state index in [0.29, 0.717) is 25.7 Å². The fourth-order valence-corrected chi connectivity index (χ4v) is 2.68. The van der Waals surface area contributed by atoms with Crippen molar-refractivity contribution >= 4 is 17.7 Å². The quantitative estimate of drug-likeness (QED) is 0.834. The van der Waals surface area contributed by atoms with E-state index in [2.05, 4.69) is 20.2 Å². The average Bonchev–Trinajstić information content (AvgIpc) is 3.29. The standard InChI is InChI=1S/C14H18N4O3/c19-12(17-14(3-4-14)13(20)21)10-1-7-18(8-2-10)11-9-15-5-6-16-11/h5-6,9-10H,1-4,7-8H2,(H,17,19)(H,20,21). The van der Waals surface area contributed by atoms with Crippen molar-refractivity contribution in [1.29, 1.82) is 0 Å². The number of aliphatic carboxylic acids is 1. The number of carboxylic acid groups (broad SMARTS) is 1. The Hall–Kier alpha value is -2.18. The SMILES string of the molecule is O=C(NC1(C(=O)O)CC1)C1CCN(c2cnccn2)CC1. The van der Waals surface area contributed by atoms with Gasteiger partial charge in [-0.2, -0.15) is 0 Å². The Bertz CT molecular complexity index is 536. The first-order valence-corrected chi connectivity index (χ1v) is 7.17. The summed E-state index contributed by atoms with van der Waals surface area (Å²) in [5.41, 5.74) is -0.987. The molecule has 1 aromatic heterocycles. The van der Waals surface area contributed by atoms with Gasteiger partial charge >= 0.3 is 5.97 Å². The van der Waals surface area contributed by atoms with Gasteiger partial charge in [-0.3, -0.25) is 9.78 Å². The minimum absolute atomic E-state index is 0.116. The van der Waals surface area contributed by atoms with Crippen LogP contribution in [-0.4, -0.2) is 45.6 Å². The van der Waals surface area contributed by atoms with Gasteiger partial charge in [0.15, 0.2) is 0 Å². The summed E-state index contributed by atoms with van der Waals surface area (Å²) < 4.78 is 0. The Morgan fingerprint density at radius 3 is 2.52 bits per heavy atom. The lowest BCUT2D eigenvalue weighted by atomic mass is 9.95. The average molecular weight is 290 g/mol. The van der Waals surface area contributed by atoms with Gasteiger partial charge in [-0.15, -0.1) is 0 Å². The zero-order chi connectivity index (χ0) is 14.9. The van der Waals surface area contributed by atoms with E-state index in [1.807, 2.05) is 0 Å². The van der Waals surface area contributed by atoms with E-state index >= 15 is 0 Å². The largest absolute Gasteiger partial charge is 0.480 e. The van der Waals surface area contributed by atoms with Crippen LogP contribution < -0.4 is 10.2 Å². The van der Waals surface area contributed by atoms with Crippen LogP contribution in [0.1, 0.15) is 25.7 Å². The first-order valence-electron chi connectivity index (χ1n) is 7.17. The number of carboxylic acids is 1. The Balaban J connectivity index is 1.54. The lowest BCUT2D eigenvalue weighted by molar-refractivity contribution is -0.143. The Morgan fingerprint density at radius 2 is 2.00 bits per heavy atom. The van der Waals surface area contributed by atoms with Crippen LogP contribution >= 0.6 is 0 Å². The molecule has 0 radical (unpaired) electrons. The second-order valence-corrected chi connectivity index (χ2v) is 5.70. The molecular formula is C14H18N4O3. The van der Waals surface area contributed by atoms with Gasteiger partial charge in [-0.05, 0) is 25.7 Å². The Morgan fingerprint density at radius 1 is 1.29 bits per heavy atom. The summed E-state index contributed by atoms with van der Waals surface area (Å²) >= 11 is 0. The molecule has 1 aliphatic carbocycles. The first kappa shape index (κ1) is 13.8. The molecule has 0 bridgehead atoms. The highest BCUT2D eigenvalue weighted by Gasteiger charge is 2.52. The molecule has 0 aromatic carbocycles. The van der Waals surface area contributed by atoms with Crippen molar-refractivity contribution in [2.24, 2.45) is 5.92 Å². The summed E-state index contributed by atoms with van der Waals surface area (Å²) in [5.74, 6) is -0.350. The number of hydrogen-bond donors (Lipinski definition) is 2. The fourth-order valence-electron chi connectivity index (χ4n) is 2.68. The van der Waals surface area contributed by atoms with Gasteiger partial charge in [0.05, 0.1) is 6.20 Å². The molecule has 7 heteroatoms. The number of nitrogens with zero attached hydrogens (tertiary/aromatic N) is 3. The predicted octanol–water partition coefficient (Wildman–Crippen LogP) is 0.426. The summed E-state index contributed by atoms with van der Waals surface area (Å²) in [7, 11) is 0. The van der Waals surface area contributed by atoms with Gasteiger partial charge < -0.3 is 15.3 Å². The number of anilines is 1. The maximum atomic E-state index is 12.2. The zero-order valence-electron chi connectivity index (χ0n) is 11.7. The molecule has 1 saturated carbocycles. The van der Waals surface area contributed by atoms with Crippen LogP contribution in [0.4, 0.5) is 5.82 Å². The van der Waals surface area contributed by atoms with E-state index in [4.69, 9.17) is 5.11 Å². The van der Waals surface area contributed by atoms with E-state index in [0.717, 1.165) is 18.9 Å². The first-order chi connectivity index (χ1) is 10.1. The van der Waals surface area contributed by atoms with E-state index < -0.39 is 11.5 Å². The number of carbonyl (C=O) groups is 2. The van der Waals surface area contributed by atoms with Crippen LogP contribution in [0, 0.1) is 5.92 Å². The summed E-state index contributed by atoms with van der Waals surface area (Å²) in [6.45, 7) is 1.47. The van der Waals surface area contributed by atoms with Gasteiger partial charge in [0, 0.05) is 31.4 Å². The van der Waals surface area contributed by atoms with Gasteiger partial charge in [0.2, 0.25) is 5.91 Å². The molecule has 1 aromatic rings. The highest BCUT2D eigenvalue weighted by atomic mass is 16.4. The van der Waals surface area contributed by atoms with E-state index in [-0.39, 0.29) is 11.8 Å². The molecule has 21 heavy (non-hydrogen) atoms. The van der Waals surface area contributed by atoms with Gasteiger partial charge in [-0.1, -0.05) is 0 Å². The topological polar surface area (TPSA) is 95.4 Å². The number of rotatable bonds is 4. The Labute approximate surface area is 122 Å². The third-order valence-electron chi connectivity index (χ3n) is 4.26. The van der Waals surface area contributed by atoms with Crippen molar-refractivity contribution < 1.29 is 14.7 Å². The molecule has 2 aliphatic rings. The van der Waals surface area contributed by atoms with E-state index in [9.17, 15) is 9.59 Å². The molecule has 2 heterocycles. The van der Waals surface area contributed by atoms with Gasteiger partial charge in [-0.25, -0.2) is 9.78 Å². The Kier molecular flexibility index (Phi) is 3.48. The highest BCUT2D eigenvalue weighted by molar-refractivity contribution is 5.90. The molecular weight excluding hydrogens is 272 g/mol. The zero-order valence-corrected chi connectivity index (χ0v) is 11.7. The maximum absolute atomic E-state index is 12.2. The summed E-state index contributed by atoms with van der Waals surface area (Å²) in [5, 5.41) is 11.8. The minimum atomic E-state index is -0.987. The van der Waals surface area contributed by atoms with Gasteiger partial charge in [0.25, 0.3) is 0 Å². The number of hydrogen-bond acceptors (Lipinski definition) is 5. The smallest absolute Gasteiger partial charge is 0.329 e. The number of carbonyl (C=O) groups excluding carboxylic acids is 1. The lowest BCUT2D eigenvalue weighted by Gasteiger charge is -2.32. The minimum Gasteiger partial charge on any atom is -0.480 e. The number of piperidine rings is 1. The number of nitrogens with one attached hydrogen (secondary N) is 1. The molecule has 1 amide bonds. The van der Waals surface area contributed by atoms with Crippen molar-refractivity contribution in [3.05, 3.63) is 18.6 Å². The third kappa shape index (κ3) is 2.81. The monoisotopic (exact) mass is 290 g/mol. The van der Waals surface area contributed by atoms with Crippen LogP contribution in [-0.2, 0) is 9.59 Å². The fraction of sp³-hybridized carbons (Fsp3) is 0.571. The van der Waals surface area contributed by atoms with Crippen LogP contribution in [0.15, 0.2) is 18.6 Å². The van der Waals surface area contributed by atoms with Crippen molar-refractivity contribution in [3.63, 3.8) is 0 Å². The normalized spacial score (nSPS) is 20.9. The van der Waals surface area contributed by atoms with Crippen LogP contribution in [0.3, 0.4) is 0 Å². The molecule has 1 saturated heterocycles. The molecule has 7 nitrogen and oxygen atoms in total. The van der Waals surface area contributed by atoms with Crippen molar-refractivity contribution in [2.75, 3.05) is 18.0 Å². The molecule has 112 valence electrons. The van der Waals surface area contributed by atoms with Crippen LogP contribution in [0.5, 0.6) is 0 Å². The molecule has 0 spiro atoms. The summed E-state index contributed by atoms with van der Waals surface area (Å²) in [6.07, 6.45) is 7.47. The van der Waals surface area contributed by atoms with E-state index in [1.54, 1.807) is 18.6 Å². The van der Waals surface area contributed by atoms with E-state index in [1.165, 1.54) is 0 Å². The predicted molar refractivity (Wildman–Crippen MR) is 74.7 cm³/mol. The number of amides is 1. The molecule has 0 atom stereocenters. The summed E-state index contributed by atoms with van der Waals surface area (Å²) in [4.78, 5) is 33.7. The van der Waals surface area contributed by atoms with Crippen molar-refractivity contribution in [1.82, 2.24) is 15.3 Å².